The maximum atomic E-state index is 12.4. The number of aryl methyl sites for hydroxylation is 3. The van der Waals surface area contributed by atoms with Crippen LogP contribution in [-0.2, 0) is 21.2 Å². The van der Waals surface area contributed by atoms with Crippen molar-refractivity contribution < 1.29 is 18.0 Å². The van der Waals surface area contributed by atoms with E-state index in [0.717, 1.165) is 33.4 Å². The predicted octanol–water partition coefficient (Wildman–Crippen LogP) is 1.47. The smallest absolute Gasteiger partial charge is 0.325 e. The lowest BCUT2D eigenvalue weighted by molar-refractivity contribution is -0.127. The Balaban J connectivity index is 2.15. The molecule has 0 aromatic heterocycles. The van der Waals surface area contributed by atoms with Crippen molar-refractivity contribution in [1.82, 2.24) is 10.2 Å². The Morgan fingerprint density at radius 3 is 2.22 bits per heavy atom. The Labute approximate surface area is 136 Å². The van der Waals surface area contributed by atoms with E-state index in [1.807, 2.05) is 32.9 Å². The van der Waals surface area contributed by atoms with Crippen LogP contribution >= 0.6 is 0 Å². The van der Waals surface area contributed by atoms with Gasteiger partial charge in [0.1, 0.15) is 15.9 Å². The minimum absolute atomic E-state index is 0.103. The second kappa shape index (κ2) is 6.31. The number of carbonyl (C=O) groups is 2. The molecule has 0 saturated carbocycles. The third-order valence-electron chi connectivity index (χ3n) is 4.04. The van der Waals surface area contributed by atoms with E-state index in [9.17, 15) is 18.0 Å². The van der Waals surface area contributed by atoms with Crippen LogP contribution < -0.4 is 5.32 Å². The van der Waals surface area contributed by atoms with Crippen LogP contribution in [0.2, 0.25) is 0 Å². The molecule has 126 valence electrons. The predicted molar refractivity (Wildman–Crippen MR) is 87.9 cm³/mol. The van der Waals surface area contributed by atoms with Gasteiger partial charge in [-0.1, -0.05) is 17.7 Å². The van der Waals surface area contributed by atoms with Crippen LogP contribution in [-0.4, -0.2) is 43.3 Å². The summed E-state index contributed by atoms with van der Waals surface area (Å²) in [4.78, 5) is 25.6. The second-order valence-electron chi connectivity index (χ2n) is 6.22. The molecule has 1 fully saturated rings. The van der Waals surface area contributed by atoms with Gasteiger partial charge in [-0.25, -0.2) is 13.2 Å². The Morgan fingerprint density at radius 2 is 1.70 bits per heavy atom. The Hall–Kier alpha value is -1.89. The lowest BCUT2D eigenvalue weighted by Gasteiger charge is -2.17. The first-order chi connectivity index (χ1) is 10.6. The molecule has 2 rings (SSSR count). The number of imide groups is 1. The van der Waals surface area contributed by atoms with Gasteiger partial charge in [-0.2, -0.15) is 0 Å². The van der Waals surface area contributed by atoms with Crippen molar-refractivity contribution in [2.45, 2.75) is 39.8 Å². The number of urea groups is 1. The molecule has 3 amide bonds. The van der Waals surface area contributed by atoms with Crippen LogP contribution in [0.4, 0.5) is 4.79 Å². The molecule has 1 N–H and O–H groups in total. The minimum Gasteiger partial charge on any atom is -0.326 e. The molecule has 1 aromatic rings. The van der Waals surface area contributed by atoms with Gasteiger partial charge in [-0.15, -0.1) is 0 Å². The van der Waals surface area contributed by atoms with Gasteiger partial charge < -0.3 is 5.32 Å². The van der Waals surface area contributed by atoms with E-state index >= 15 is 0 Å². The van der Waals surface area contributed by atoms with Crippen LogP contribution in [0.3, 0.4) is 0 Å². The summed E-state index contributed by atoms with van der Waals surface area (Å²) in [5.41, 5.74) is 4.14. The first kappa shape index (κ1) is 17.5. The van der Waals surface area contributed by atoms with Gasteiger partial charge in [-0.05, 0) is 43.9 Å². The summed E-state index contributed by atoms with van der Waals surface area (Å²) in [6.45, 7) is 6.11. The normalized spacial score (nSPS) is 18.4. The van der Waals surface area contributed by atoms with Crippen LogP contribution in [0.15, 0.2) is 12.1 Å². The van der Waals surface area contributed by atoms with E-state index < -0.39 is 21.9 Å². The Kier molecular flexibility index (Phi) is 4.79. The summed E-state index contributed by atoms with van der Waals surface area (Å²) in [5, 5.41) is 2.57. The number of nitrogens with one attached hydrogen (secondary N) is 1. The summed E-state index contributed by atoms with van der Waals surface area (Å²) < 4.78 is 22.5. The van der Waals surface area contributed by atoms with E-state index in [4.69, 9.17) is 0 Å². The molecular formula is C16H22N2O4S. The van der Waals surface area contributed by atoms with Gasteiger partial charge in [0.2, 0.25) is 0 Å². The molecule has 7 heteroatoms. The van der Waals surface area contributed by atoms with Crippen molar-refractivity contribution in [3.8, 4) is 0 Å². The lowest BCUT2D eigenvalue weighted by Crippen LogP contribution is -2.32. The number of hydrogen-bond donors (Lipinski definition) is 1. The molecule has 23 heavy (non-hydrogen) atoms. The van der Waals surface area contributed by atoms with Crippen molar-refractivity contribution in [2.24, 2.45) is 0 Å². The molecule has 1 aromatic carbocycles. The standard InChI is InChI=1S/C16H22N2O4S/c1-10-7-11(2)13(12(3)8-10)9-18-15(19)14(17-16(18)20)5-6-23(4,21)22/h7-8,14H,5-6,9H2,1-4H3,(H,17,20). The zero-order valence-electron chi connectivity index (χ0n) is 13.8. The summed E-state index contributed by atoms with van der Waals surface area (Å²) in [5.74, 6) is -0.488. The fourth-order valence-electron chi connectivity index (χ4n) is 2.87. The Morgan fingerprint density at radius 1 is 1.13 bits per heavy atom. The first-order valence-corrected chi connectivity index (χ1v) is 9.51. The molecule has 0 bridgehead atoms. The summed E-state index contributed by atoms with van der Waals surface area (Å²) in [6, 6.07) is 2.81. The summed E-state index contributed by atoms with van der Waals surface area (Å²) in [6.07, 6.45) is 1.22. The van der Waals surface area contributed by atoms with Gasteiger partial charge in [-0.3, -0.25) is 9.69 Å². The zero-order valence-corrected chi connectivity index (χ0v) is 14.7. The molecule has 1 atom stereocenters. The SMILES string of the molecule is Cc1cc(C)c(CN2C(=O)NC(CCS(C)(=O)=O)C2=O)c(C)c1. The second-order valence-corrected chi connectivity index (χ2v) is 8.48. The van der Waals surface area contributed by atoms with Crippen molar-refractivity contribution in [2.75, 3.05) is 12.0 Å². The van der Waals surface area contributed by atoms with E-state index in [1.165, 1.54) is 0 Å². The van der Waals surface area contributed by atoms with Gasteiger partial charge in [0.15, 0.2) is 0 Å². The highest BCUT2D eigenvalue weighted by molar-refractivity contribution is 7.90. The van der Waals surface area contributed by atoms with E-state index in [-0.39, 0.29) is 24.6 Å². The molecule has 1 aliphatic heterocycles. The van der Waals surface area contributed by atoms with Gasteiger partial charge in [0, 0.05) is 6.26 Å². The number of amides is 3. The molecule has 0 spiro atoms. The van der Waals surface area contributed by atoms with Gasteiger partial charge >= 0.3 is 6.03 Å². The molecule has 1 heterocycles. The van der Waals surface area contributed by atoms with Crippen LogP contribution in [0.5, 0.6) is 0 Å². The first-order valence-electron chi connectivity index (χ1n) is 7.45. The summed E-state index contributed by atoms with van der Waals surface area (Å²) in [7, 11) is -3.17. The fourth-order valence-corrected chi connectivity index (χ4v) is 3.54. The highest BCUT2D eigenvalue weighted by Crippen LogP contribution is 2.21. The van der Waals surface area contributed by atoms with E-state index in [0.29, 0.717) is 0 Å². The molecule has 1 saturated heterocycles. The Bertz CT molecular complexity index is 732. The highest BCUT2D eigenvalue weighted by Gasteiger charge is 2.38. The number of nitrogens with zero attached hydrogens (tertiary/aromatic N) is 1. The molecular weight excluding hydrogens is 316 g/mol. The number of sulfone groups is 1. The zero-order chi connectivity index (χ0) is 17.4. The fraction of sp³-hybridized carbons (Fsp3) is 0.500. The van der Waals surface area contributed by atoms with Crippen LogP contribution in [0.1, 0.15) is 28.7 Å². The van der Waals surface area contributed by atoms with E-state index in [1.54, 1.807) is 0 Å². The molecule has 0 radical (unpaired) electrons. The highest BCUT2D eigenvalue weighted by atomic mass is 32.2. The largest absolute Gasteiger partial charge is 0.326 e. The third-order valence-corrected chi connectivity index (χ3v) is 5.02. The van der Waals surface area contributed by atoms with Crippen LogP contribution in [0, 0.1) is 20.8 Å². The topological polar surface area (TPSA) is 83.6 Å². The number of benzene rings is 1. The van der Waals surface area contributed by atoms with Crippen LogP contribution in [0.25, 0.3) is 0 Å². The molecule has 1 unspecified atom stereocenters. The van der Waals surface area contributed by atoms with Gasteiger partial charge in [0.25, 0.3) is 5.91 Å². The van der Waals surface area contributed by atoms with Crippen molar-refractivity contribution in [1.29, 1.82) is 0 Å². The maximum Gasteiger partial charge on any atom is 0.325 e. The number of carbonyl (C=O) groups excluding carboxylic acids is 2. The molecule has 0 aliphatic carbocycles. The quantitative estimate of drug-likeness (QED) is 0.824. The minimum atomic E-state index is -3.17. The van der Waals surface area contributed by atoms with Gasteiger partial charge in [0.05, 0.1) is 12.3 Å². The maximum absolute atomic E-state index is 12.4. The summed E-state index contributed by atoms with van der Waals surface area (Å²) >= 11 is 0. The number of hydrogen-bond acceptors (Lipinski definition) is 4. The van der Waals surface area contributed by atoms with Crippen molar-refractivity contribution >= 4 is 21.8 Å². The van der Waals surface area contributed by atoms with Crippen molar-refractivity contribution in [3.63, 3.8) is 0 Å². The van der Waals surface area contributed by atoms with E-state index in [2.05, 4.69) is 5.32 Å². The molecule has 6 nitrogen and oxygen atoms in total. The average Bonchev–Trinajstić information content (AvgIpc) is 2.66. The lowest BCUT2D eigenvalue weighted by atomic mass is 9.99. The number of rotatable bonds is 5. The molecule has 1 aliphatic rings. The monoisotopic (exact) mass is 338 g/mol. The average molecular weight is 338 g/mol. The third kappa shape index (κ3) is 4.10. The van der Waals surface area contributed by atoms with Crippen molar-refractivity contribution in [3.05, 3.63) is 34.4 Å².